The van der Waals surface area contributed by atoms with Gasteiger partial charge >= 0.3 is 6.09 Å². The maximum absolute atomic E-state index is 15.1. The highest BCUT2D eigenvalue weighted by Gasteiger charge is 2.63. The number of rotatable bonds is 10. The van der Waals surface area contributed by atoms with Gasteiger partial charge in [-0.2, -0.15) is 0 Å². The van der Waals surface area contributed by atoms with E-state index in [1.54, 1.807) is 19.1 Å². The molecule has 58 heavy (non-hydrogen) atoms. The van der Waals surface area contributed by atoms with E-state index in [9.17, 15) is 41.1 Å². The number of aromatic nitrogens is 1. The van der Waals surface area contributed by atoms with Crippen molar-refractivity contribution in [2.45, 2.75) is 126 Å². The first-order valence-electron chi connectivity index (χ1n) is 19.6. The zero-order chi connectivity index (χ0) is 42.5. The molecule has 3 heterocycles. The van der Waals surface area contributed by atoms with Crippen molar-refractivity contribution in [3.8, 4) is 11.6 Å². The minimum Gasteiger partial charge on any atom is -0.494 e. The minimum atomic E-state index is -4.11. The molecule has 0 bridgehead atoms. The molecule has 6 rings (SSSR count). The Morgan fingerprint density at radius 1 is 1.21 bits per heavy atom. The number of fused-ring (bicyclic) bond motifs is 3. The number of amides is 4. The van der Waals surface area contributed by atoms with Gasteiger partial charge in [0.1, 0.15) is 29.3 Å². The fraction of sp³-hybridized carbons (Fsp3) is 0.625. The summed E-state index contributed by atoms with van der Waals surface area (Å²) in [6.45, 7) is 6.93. The lowest BCUT2D eigenvalue weighted by Gasteiger charge is -2.45. The van der Waals surface area contributed by atoms with Crippen molar-refractivity contribution >= 4 is 44.6 Å². The maximum atomic E-state index is 15.1. The van der Waals surface area contributed by atoms with Gasteiger partial charge in [-0.05, 0) is 94.7 Å². The lowest BCUT2D eigenvalue weighted by molar-refractivity contribution is -0.149. The van der Waals surface area contributed by atoms with E-state index >= 15 is 4.79 Å². The monoisotopic (exact) mass is 835 g/mol. The van der Waals surface area contributed by atoms with E-state index in [1.165, 1.54) is 32.4 Å². The molecule has 1 aromatic heterocycles. The molecule has 1 aromatic carbocycles. The smallest absolute Gasteiger partial charge is 0.408 e. The van der Waals surface area contributed by atoms with Crippen LogP contribution in [0.5, 0.6) is 11.6 Å². The van der Waals surface area contributed by atoms with Crippen molar-refractivity contribution in [3.05, 3.63) is 42.4 Å². The zero-order valence-electron chi connectivity index (χ0n) is 33.5. The van der Waals surface area contributed by atoms with Gasteiger partial charge in [-0.15, -0.1) is 0 Å². The van der Waals surface area contributed by atoms with Crippen LogP contribution in [-0.2, 0) is 24.4 Å². The molecule has 0 radical (unpaired) electrons. The van der Waals surface area contributed by atoms with Crippen LogP contribution >= 0.6 is 0 Å². The van der Waals surface area contributed by atoms with Gasteiger partial charge in [-0.1, -0.05) is 32.4 Å². The molecule has 318 valence electrons. The van der Waals surface area contributed by atoms with Crippen LogP contribution in [0.1, 0.15) is 86.0 Å². The van der Waals surface area contributed by atoms with Crippen molar-refractivity contribution in [1.82, 2.24) is 24.8 Å². The number of sulfonamides is 1. The standard InChI is InChI=1S/C40H52F3N5O9S/c1-7-23-16-22(2)10-8-9-11-25-20-40(25,36(51)46-58(54,55)39(5)13-14-39)45-32(49)29-18-26(57-33-27-19-28(41)30(56-6)17-24(27)12-15-44-33)21-47(29)34(50)31(23)48(37(52)53)38(3,4)35(42)43/h9,11-12,15,17,19,22-23,25-26,29,31,35H,7-8,10,13-14,16,18,20-21H2,1-6H3,(H,45,49)(H,46,51)(H,52,53)/t22-,23+,25+,26+,29-,31-,40+/m0/s1. The highest BCUT2D eigenvalue weighted by Crippen LogP contribution is 2.48. The number of hydrogen-bond acceptors (Lipinski definition) is 9. The third-order valence-electron chi connectivity index (χ3n) is 12.5. The molecule has 2 aliphatic carbocycles. The number of benzene rings is 1. The molecule has 7 atom stereocenters. The minimum absolute atomic E-state index is 0.0236. The second-order valence-electron chi connectivity index (χ2n) is 17.0. The Kier molecular flexibility index (Phi) is 11.8. The topological polar surface area (TPSA) is 185 Å². The summed E-state index contributed by atoms with van der Waals surface area (Å²) >= 11 is 0. The van der Waals surface area contributed by atoms with Gasteiger partial charge in [0.05, 0.1) is 18.4 Å². The van der Waals surface area contributed by atoms with Crippen molar-refractivity contribution in [1.29, 1.82) is 0 Å². The Morgan fingerprint density at radius 2 is 1.91 bits per heavy atom. The number of carbonyl (C=O) groups excluding carboxylic acids is 3. The van der Waals surface area contributed by atoms with E-state index in [-0.39, 0.29) is 55.2 Å². The summed E-state index contributed by atoms with van der Waals surface area (Å²) in [5, 5.41) is 14.1. The van der Waals surface area contributed by atoms with Gasteiger partial charge in [-0.3, -0.25) is 24.0 Å². The number of nitrogens with one attached hydrogen (secondary N) is 2. The van der Waals surface area contributed by atoms with Gasteiger partial charge in [0.15, 0.2) is 11.6 Å². The number of ether oxygens (including phenoxy) is 2. The van der Waals surface area contributed by atoms with Gasteiger partial charge in [-0.25, -0.2) is 31.4 Å². The fourth-order valence-corrected chi connectivity index (χ4v) is 9.62. The number of halogens is 3. The summed E-state index contributed by atoms with van der Waals surface area (Å²) in [6.07, 6.45) is 1.21. The van der Waals surface area contributed by atoms with Gasteiger partial charge in [0.2, 0.25) is 27.7 Å². The van der Waals surface area contributed by atoms with Crippen LogP contribution in [0.2, 0.25) is 0 Å². The average Bonchev–Trinajstić information content (AvgIpc) is 4.04. The third kappa shape index (κ3) is 8.04. The highest BCUT2D eigenvalue weighted by atomic mass is 32.2. The number of alkyl halides is 2. The first-order chi connectivity index (χ1) is 27.2. The van der Waals surface area contributed by atoms with E-state index in [0.29, 0.717) is 36.0 Å². The number of methoxy groups -OCH3 is 1. The first kappa shape index (κ1) is 43.0. The van der Waals surface area contributed by atoms with Crippen LogP contribution in [0.3, 0.4) is 0 Å². The highest BCUT2D eigenvalue weighted by molar-refractivity contribution is 7.91. The quantitative estimate of drug-likeness (QED) is 0.262. The molecule has 18 heteroatoms. The van der Waals surface area contributed by atoms with Crippen LogP contribution in [-0.4, -0.2) is 106 Å². The molecule has 2 saturated carbocycles. The Balaban J connectivity index is 1.43. The van der Waals surface area contributed by atoms with Crippen LogP contribution in [0, 0.1) is 23.6 Å². The van der Waals surface area contributed by atoms with Crippen molar-refractivity contribution in [3.63, 3.8) is 0 Å². The molecule has 0 unspecified atom stereocenters. The molecular formula is C40H52F3N5O9S. The maximum Gasteiger partial charge on any atom is 0.408 e. The Morgan fingerprint density at radius 3 is 2.53 bits per heavy atom. The SMILES string of the molecule is CC[C@@H]1C[C@@H](C)CCC=C[C@@H]2C[C@@]2(C(=O)NS(=O)(=O)C2(C)CC2)NC(=O)[C@@H]2C[C@@H](Oc3nccc4cc(OC)c(F)cc34)CN2C(=O)[C@H]1N(C(=O)O)C(C)(C)C(F)F. The van der Waals surface area contributed by atoms with Crippen LogP contribution in [0.4, 0.5) is 18.0 Å². The van der Waals surface area contributed by atoms with Crippen molar-refractivity contribution < 1.29 is 55.3 Å². The largest absolute Gasteiger partial charge is 0.494 e. The summed E-state index contributed by atoms with van der Waals surface area (Å²) in [5.41, 5.74) is -4.04. The summed E-state index contributed by atoms with van der Waals surface area (Å²) in [6, 6.07) is 1.12. The summed E-state index contributed by atoms with van der Waals surface area (Å²) in [5.74, 6) is -4.91. The van der Waals surface area contributed by atoms with E-state index in [2.05, 4.69) is 15.0 Å². The summed E-state index contributed by atoms with van der Waals surface area (Å²) < 4.78 is 83.3. The molecule has 2 aromatic rings. The zero-order valence-corrected chi connectivity index (χ0v) is 34.3. The first-order valence-corrected chi connectivity index (χ1v) is 21.1. The number of carbonyl (C=O) groups is 4. The van der Waals surface area contributed by atoms with Gasteiger partial charge < -0.3 is 24.8 Å². The predicted molar refractivity (Wildman–Crippen MR) is 206 cm³/mol. The van der Waals surface area contributed by atoms with Gasteiger partial charge in [0, 0.05) is 23.9 Å². The number of hydrogen-bond donors (Lipinski definition) is 3. The molecule has 14 nitrogen and oxygen atoms in total. The van der Waals surface area contributed by atoms with Crippen LogP contribution in [0.15, 0.2) is 36.5 Å². The lowest BCUT2D eigenvalue weighted by atomic mass is 9.82. The van der Waals surface area contributed by atoms with E-state index in [4.69, 9.17) is 9.47 Å². The van der Waals surface area contributed by atoms with Crippen molar-refractivity contribution in [2.24, 2.45) is 17.8 Å². The molecular weight excluding hydrogens is 784 g/mol. The molecule has 3 fully saturated rings. The number of pyridine rings is 1. The van der Waals surface area contributed by atoms with Crippen LogP contribution < -0.4 is 19.5 Å². The summed E-state index contributed by atoms with van der Waals surface area (Å²) in [4.78, 5) is 62.6. The second kappa shape index (κ2) is 15.9. The third-order valence-corrected chi connectivity index (χ3v) is 14.6. The molecule has 2 aliphatic heterocycles. The Labute approximate surface area is 335 Å². The molecule has 0 spiro atoms. The molecule has 4 amide bonds. The summed E-state index contributed by atoms with van der Waals surface area (Å²) in [7, 11) is -2.80. The number of allylic oxidation sites excluding steroid dienone is 1. The molecule has 3 N–H and O–H groups in total. The molecule has 4 aliphatic rings. The number of nitrogens with zero attached hydrogens (tertiary/aromatic N) is 3. The second-order valence-corrected chi connectivity index (χ2v) is 19.2. The normalized spacial score (nSPS) is 28.8. The fourth-order valence-electron chi connectivity index (χ4n) is 8.31. The van der Waals surface area contributed by atoms with Gasteiger partial charge in [0.25, 0.3) is 12.3 Å². The Bertz CT molecular complexity index is 2100. The van der Waals surface area contributed by atoms with E-state index in [1.807, 2.05) is 13.0 Å². The molecule has 1 saturated heterocycles. The average molecular weight is 836 g/mol. The lowest BCUT2D eigenvalue weighted by Crippen LogP contribution is -2.65. The van der Waals surface area contributed by atoms with E-state index in [0.717, 1.165) is 18.7 Å². The van der Waals surface area contributed by atoms with E-state index < -0.39 is 91.9 Å². The predicted octanol–water partition coefficient (Wildman–Crippen LogP) is 5.40. The number of carboxylic acid groups (broad SMARTS) is 1. The van der Waals surface area contributed by atoms with Crippen molar-refractivity contribution in [2.75, 3.05) is 13.7 Å². The van der Waals surface area contributed by atoms with Crippen LogP contribution in [0.25, 0.3) is 10.8 Å². The Hall–Kier alpha value is -4.61.